The smallest absolute Gasteiger partial charge is 0.299 e. The molecule has 5 heteroatoms. The molecule has 0 spiro atoms. The number of aldehydes is 1. The average Bonchev–Trinajstić information content (AvgIpc) is 2.14. The van der Waals surface area contributed by atoms with Crippen LogP contribution < -0.4 is 0 Å². The van der Waals surface area contributed by atoms with E-state index in [0.29, 0.717) is 11.8 Å². The highest BCUT2D eigenvalue weighted by Crippen LogP contribution is 2.36. The van der Waals surface area contributed by atoms with Crippen LogP contribution >= 0.6 is 11.8 Å². The van der Waals surface area contributed by atoms with E-state index in [2.05, 4.69) is 0 Å². The van der Waals surface area contributed by atoms with Gasteiger partial charge in [0.1, 0.15) is 6.29 Å². The summed E-state index contributed by atoms with van der Waals surface area (Å²) in [7, 11) is 0. The molecule has 0 aliphatic rings. The molecule has 1 aromatic carbocycles. The van der Waals surface area contributed by atoms with Crippen LogP contribution in [-0.4, -0.2) is 11.8 Å². The van der Waals surface area contributed by atoms with Gasteiger partial charge in [0.15, 0.2) is 0 Å². The third-order valence-corrected chi connectivity index (χ3v) is 2.22. The Hall–Kier alpha value is -1.23. The van der Waals surface area contributed by atoms with E-state index in [1.165, 1.54) is 36.4 Å². The second kappa shape index (κ2) is 5.02. The van der Waals surface area contributed by atoms with Crippen LogP contribution in [0.3, 0.4) is 0 Å². The Bertz CT molecular complexity index is 354. The molecule has 0 heterocycles. The van der Waals surface area contributed by atoms with Gasteiger partial charge in [-0.1, -0.05) is 18.2 Å². The van der Waals surface area contributed by atoms with E-state index < -0.39 is 5.51 Å². The standard InChI is InChI=1S/C10H7F3OS/c11-10(12,13)15-9-5-3-8(4-6-9)2-1-7-14/h1-7H/b2-1+. The van der Waals surface area contributed by atoms with Crippen molar-refractivity contribution >= 4 is 24.1 Å². The van der Waals surface area contributed by atoms with E-state index >= 15 is 0 Å². The van der Waals surface area contributed by atoms with Gasteiger partial charge < -0.3 is 0 Å². The lowest BCUT2D eigenvalue weighted by Gasteiger charge is -2.04. The number of thioether (sulfide) groups is 1. The van der Waals surface area contributed by atoms with Gasteiger partial charge in [0.05, 0.1) is 0 Å². The van der Waals surface area contributed by atoms with E-state index in [1.54, 1.807) is 0 Å². The summed E-state index contributed by atoms with van der Waals surface area (Å²) in [4.78, 5) is 10.1. The first kappa shape index (κ1) is 11.8. The second-order valence-electron chi connectivity index (χ2n) is 2.61. The Morgan fingerprint density at radius 3 is 2.20 bits per heavy atom. The first-order chi connectivity index (χ1) is 7.01. The fourth-order valence-electron chi connectivity index (χ4n) is 0.931. The van der Waals surface area contributed by atoms with Gasteiger partial charge in [0.2, 0.25) is 0 Å². The molecule has 0 aliphatic carbocycles. The van der Waals surface area contributed by atoms with Gasteiger partial charge in [0, 0.05) is 4.90 Å². The summed E-state index contributed by atoms with van der Waals surface area (Å²) in [5, 5.41) is 0. The lowest BCUT2D eigenvalue weighted by Crippen LogP contribution is -1.98. The molecule has 80 valence electrons. The second-order valence-corrected chi connectivity index (χ2v) is 3.75. The third-order valence-electron chi connectivity index (χ3n) is 1.48. The van der Waals surface area contributed by atoms with Crippen LogP contribution in [0.15, 0.2) is 35.2 Å². The van der Waals surface area contributed by atoms with Crippen molar-refractivity contribution < 1.29 is 18.0 Å². The molecule has 0 N–H and O–H groups in total. The predicted octanol–water partition coefficient (Wildman–Crippen LogP) is 3.51. The Morgan fingerprint density at radius 1 is 1.13 bits per heavy atom. The number of hydrogen-bond donors (Lipinski definition) is 0. The number of alkyl halides is 3. The van der Waals surface area contributed by atoms with Crippen LogP contribution in [0.1, 0.15) is 5.56 Å². The van der Waals surface area contributed by atoms with Crippen LogP contribution in [0.4, 0.5) is 13.2 Å². The highest BCUT2D eigenvalue weighted by molar-refractivity contribution is 8.00. The van der Waals surface area contributed by atoms with E-state index in [0.717, 1.165) is 0 Å². The van der Waals surface area contributed by atoms with E-state index in [1.807, 2.05) is 0 Å². The number of rotatable bonds is 3. The lowest BCUT2D eigenvalue weighted by atomic mass is 10.2. The molecule has 1 rings (SSSR count). The molecule has 0 atom stereocenters. The van der Waals surface area contributed by atoms with Crippen molar-refractivity contribution in [2.75, 3.05) is 0 Å². The molecule has 0 aliphatic heterocycles. The molecule has 15 heavy (non-hydrogen) atoms. The van der Waals surface area contributed by atoms with Crippen molar-refractivity contribution in [2.24, 2.45) is 0 Å². The van der Waals surface area contributed by atoms with Crippen molar-refractivity contribution in [1.29, 1.82) is 0 Å². The number of carbonyl (C=O) groups is 1. The maximum absolute atomic E-state index is 11.9. The molecule has 0 bridgehead atoms. The molecule has 0 unspecified atom stereocenters. The number of halogens is 3. The summed E-state index contributed by atoms with van der Waals surface area (Å²) in [6, 6.07) is 5.77. The Kier molecular flexibility index (Phi) is 3.96. The van der Waals surface area contributed by atoms with Crippen molar-refractivity contribution in [2.45, 2.75) is 10.4 Å². The molecule has 0 radical (unpaired) electrons. The topological polar surface area (TPSA) is 17.1 Å². The van der Waals surface area contributed by atoms with Gasteiger partial charge in [-0.3, -0.25) is 4.79 Å². The summed E-state index contributed by atoms with van der Waals surface area (Å²) in [5.41, 5.74) is -3.58. The van der Waals surface area contributed by atoms with E-state index in [9.17, 15) is 18.0 Å². The van der Waals surface area contributed by atoms with Crippen molar-refractivity contribution in [1.82, 2.24) is 0 Å². The monoisotopic (exact) mass is 232 g/mol. The van der Waals surface area contributed by atoms with E-state index in [-0.39, 0.29) is 16.7 Å². The summed E-state index contributed by atoms with van der Waals surface area (Å²) in [6.45, 7) is 0. The minimum atomic E-state index is -4.26. The maximum atomic E-state index is 11.9. The molecule has 0 saturated carbocycles. The number of carbonyl (C=O) groups excluding carboxylic acids is 1. The third kappa shape index (κ3) is 4.69. The first-order valence-corrected chi connectivity index (χ1v) is 4.80. The lowest BCUT2D eigenvalue weighted by molar-refractivity contribution is -0.104. The predicted molar refractivity (Wildman–Crippen MR) is 53.5 cm³/mol. The maximum Gasteiger partial charge on any atom is 0.446 e. The zero-order valence-electron chi connectivity index (χ0n) is 7.49. The molecule has 1 aromatic rings. The number of allylic oxidation sites excluding steroid dienone is 1. The molecular weight excluding hydrogens is 225 g/mol. The molecule has 0 saturated heterocycles. The number of benzene rings is 1. The summed E-state index contributed by atoms with van der Waals surface area (Å²) < 4.78 is 35.8. The Morgan fingerprint density at radius 2 is 1.73 bits per heavy atom. The van der Waals surface area contributed by atoms with Crippen LogP contribution in [0.5, 0.6) is 0 Å². The zero-order chi connectivity index (χ0) is 11.3. The van der Waals surface area contributed by atoms with Crippen LogP contribution in [0.2, 0.25) is 0 Å². The van der Waals surface area contributed by atoms with Gasteiger partial charge >= 0.3 is 5.51 Å². The van der Waals surface area contributed by atoms with Crippen LogP contribution in [0, 0.1) is 0 Å². The molecule has 0 aromatic heterocycles. The number of hydrogen-bond acceptors (Lipinski definition) is 2. The van der Waals surface area contributed by atoms with Crippen molar-refractivity contribution in [3.05, 3.63) is 35.9 Å². The van der Waals surface area contributed by atoms with Crippen molar-refractivity contribution in [3.8, 4) is 0 Å². The van der Waals surface area contributed by atoms with Gasteiger partial charge in [-0.15, -0.1) is 0 Å². The first-order valence-electron chi connectivity index (χ1n) is 3.99. The molecule has 0 amide bonds. The molecular formula is C10H7F3OS. The van der Waals surface area contributed by atoms with E-state index in [4.69, 9.17) is 0 Å². The van der Waals surface area contributed by atoms with Crippen LogP contribution in [0.25, 0.3) is 6.08 Å². The minimum Gasteiger partial charge on any atom is -0.299 e. The highest BCUT2D eigenvalue weighted by atomic mass is 32.2. The minimum absolute atomic E-state index is 0.130. The van der Waals surface area contributed by atoms with Gasteiger partial charge in [-0.25, -0.2) is 0 Å². The quantitative estimate of drug-likeness (QED) is 0.450. The van der Waals surface area contributed by atoms with Crippen LogP contribution in [-0.2, 0) is 4.79 Å². The van der Waals surface area contributed by atoms with Gasteiger partial charge in [-0.2, -0.15) is 13.2 Å². The van der Waals surface area contributed by atoms with Gasteiger partial charge in [0.25, 0.3) is 0 Å². The summed E-state index contributed by atoms with van der Waals surface area (Å²) in [5.74, 6) is 0. The SMILES string of the molecule is O=C/C=C/c1ccc(SC(F)(F)F)cc1. The Balaban J connectivity index is 2.72. The largest absolute Gasteiger partial charge is 0.446 e. The Labute approximate surface area is 89.0 Å². The molecule has 1 nitrogen and oxygen atoms in total. The fraction of sp³-hybridized carbons (Fsp3) is 0.100. The average molecular weight is 232 g/mol. The van der Waals surface area contributed by atoms with Crippen molar-refractivity contribution in [3.63, 3.8) is 0 Å². The van der Waals surface area contributed by atoms with Gasteiger partial charge in [-0.05, 0) is 35.5 Å². The molecule has 0 fully saturated rings. The fourth-order valence-corrected chi connectivity index (χ4v) is 1.47. The summed E-state index contributed by atoms with van der Waals surface area (Å²) >= 11 is -0.160. The zero-order valence-corrected chi connectivity index (χ0v) is 8.31. The summed E-state index contributed by atoms with van der Waals surface area (Å²) in [6.07, 6.45) is 3.42. The normalized spacial score (nSPS) is 11.9. The highest BCUT2D eigenvalue weighted by Gasteiger charge is 2.28.